The Morgan fingerprint density at radius 2 is 2.22 bits per heavy atom. The fraction of sp³-hybridized carbons (Fsp3) is 0.474. The Kier molecular flexibility index (Phi) is 6.49. The van der Waals surface area contributed by atoms with Crippen molar-refractivity contribution in [1.82, 2.24) is 15.1 Å². The normalized spacial score (nSPS) is 17.0. The van der Waals surface area contributed by atoms with Crippen molar-refractivity contribution < 1.29 is 14.0 Å². The minimum Gasteiger partial charge on any atom is -0.342 e. The summed E-state index contributed by atoms with van der Waals surface area (Å²) in [5, 5.41) is 11.8. The summed E-state index contributed by atoms with van der Waals surface area (Å²) in [4.78, 5) is 26.5. The molecule has 1 aromatic carbocycles. The van der Waals surface area contributed by atoms with E-state index in [1.54, 1.807) is 6.07 Å². The molecule has 1 aliphatic heterocycles. The Morgan fingerprint density at radius 3 is 3.00 bits per heavy atom. The predicted molar refractivity (Wildman–Crippen MR) is 102 cm³/mol. The van der Waals surface area contributed by atoms with Crippen LogP contribution in [0.25, 0.3) is 0 Å². The minimum atomic E-state index is -0.416. The summed E-state index contributed by atoms with van der Waals surface area (Å²) in [5.41, 5.74) is 0.377. The number of carbonyl (C=O) groups excluding carboxylic acids is 2. The highest BCUT2D eigenvalue weighted by atomic mass is 32.1. The van der Waals surface area contributed by atoms with Crippen LogP contribution in [0.1, 0.15) is 59.8 Å². The third kappa shape index (κ3) is 5.09. The Bertz CT molecular complexity index is 811. The zero-order chi connectivity index (χ0) is 19.2. The number of rotatable bonds is 6. The number of halogens is 1. The second-order valence-electron chi connectivity index (χ2n) is 6.69. The van der Waals surface area contributed by atoms with Gasteiger partial charge in [-0.3, -0.25) is 9.59 Å². The molecule has 2 amide bonds. The molecule has 2 aromatic rings. The van der Waals surface area contributed by atoms with Crippen molar-refractivity contribution in [2.75, 3.05) is 18.4 Å². The smallest absolute Gasteiger partial charge is 0.286 e. The zero-order valence-corrected chi connectivity index (χ0v) is 16.1. The number of hydrogen-bond acceptors (Lipinski definition) is 5. The number of piperidine rings is 1. The number of carbonyl (C=O) groups is 2. The molecule has 0 bridgehead atoms. The Morgan fingerprint density at radius 1 is 1.37 bits per heavy atom. The lowest BCUT2D eigenvalue weighted by Gasteiger charge is -2.31. The Hall–Kier alpha value is -2.35. The van der Waals surface area contributed by atoms with Crippen molar-refractivity contribution in [3.05, 3.63) is 40.1 Å². The van der Waals surface area contributed by atoms with E-state index in [1.807, 2.05) is 4.90 Å². The van der Waals surface area contributed by atoms with Gasteiger partial charge in [-0.1, -0.05) is 30.7 Å². The van der Waals surface area contributed by atoms with E-state index in [4.69, 9.17) is 0 Å². The number of nitrogens with one attached hydrogen (secondary N) is 1. The van der Waals surface area contributed by atoms with Crippen LogP contribution in [0.4, 0.5) is 10.1 Å². The molecule has 0 aliphatic carbocycles. The molecule has 0 saturated carbocycles. The molecule has 1 N–H and O–H groups in total. The second kappa shape index (κ2) is 9.03. The number of unbranched alkanes of at least 4 members (excludes halogenated alkanes) is 1. The molecule has 0 radical (unpaired) electrons. The first-order valence-electron chi connectivity index (χ1n) is 9.25. The molecule has 1 saturated heterocycles. The molecule has 27 heavy (non-hydrogen) atoms. The summed E-state index contributed by atoms with van der Waals surface area (Å²) >= 11 is 1.24. The van der Waals surface area contributed by atoms with E-state index in [0.29, 0.717) is 18.7 Å². The molecule has 1 aromatic heterocycles. The maximum atomic E-state index is 13.2. The second-order valence-corrected chi connectivity index (χ2v) is 7.70. The Balaban J connectivity index is 1.62. The van der Waals surface area contributed by atoms with E-state index in [9.17, 15) is 14.0 Å². The molecule has 1 fully saturated rings. The Labute approximate surface area is 161 Å². The van der Waals surface area contributed by atoms with Gasteiger partial charge >= 0.3 is 0 Å². The van der Waals surface area contributed by atoms with Crippen molar-refractivity contribution in [3.8, 4) is 0 Å². The average Bonchev–Trinajstić information content (AvgIpc) is 3.16. The van der Waals surface area contributed by atoms with Gasteiger partial charge in [-0.2, -0.15) is 0 Å². The van der Waals surface area contributed by atoms with Gasteiger partial charge < -0.3 is 10.2 Å². The van der Waals surface area contributed by atoms with Gasteiger partial charge in [-0.25, -0.2) is 4.39 Å². The van der Waals surface area contributed by atoms with Gasteiger partial charge in [0.15, 0.2) is 0 Å². The molecular weight excluding hydrogens is 367 g/mol. The van der Waals surface area contributed by atoms with Crippen molar-refractivity contribution in [2.24, 2.45) is 0 Å². The van der Waals surface area contributed by atoms with Crippen LogP contribution in [0.2, 0.25) is 0 Å². The summed E-state index contributed by atoms with van der Waals surface area (Å²) < 4.78 is 13.2. The van der Waals surface area contributed by atoms with Crippen molar-refractivity contribution in [1.29, 1.82) is 0 Å². The number of amides is 2. The van der Waals surface area contributed by atoms with Gasteiger partial charge in [0.1, 0.15) is 10.8 Å². The molecule has 1 aliphatic rings. The molecule has 6 nitrogen and oxygen atoms in total. The largest absolute Gasteiger partial charge is 0.342 e. The molecule has 144 valence electrons. The first-order chi connectivity index (χ1) is 13.1. The topological polar surface area (TPSA) is 75.2 Å². The molecule has 0 spiro atoms. The van der Waals surface area contributed by atoms with Gasteiger partial charge in [0, 0.05) is 31.1 Å². The van der Waals surface area contributed by atoms with Gasteiger partial charge in [0.2, 0.25) is 10.9 Å². The number of hydrogen-bond donors (Lipinski definition) is 1. The highest BCUT2D eigenvalue weighted by Gasteiger charge is 2.27. The fourth-order valence-electron chi connectivity index (χ4n) is 3.13. The number of likely N-dealkylation sites (tertiary alicyclic amines) is 1. The maximum Gasteiger partial charge on any atom is 0.286 e. The summed E-state index contributed by atoms with van der Waals surface area (Å²) in [6.45, 7) is 3.48. The van der Waals surface area contributed by atoms with Crippen LogP contribution in [0.15, 0.2) is 24.3 Å². The van der Waals surface area contributed by atoms with Gasteiger partial charge in [0.05, 0.1) is 0 Å². The van der Waals surface area contributed by atoms with E-state index in [1.165, 1.54) is 29.5 Å². The third-order valence-corrected chi connectivity index (χ3v) is 5.67. The quantitative estimate of drug-likeness (QED) is 0.813. The van der Waals surface area contributed by atoms with E-state index >= 15 is 0 Å². The highest BCUT2D eigenvalue weighted by molar-refractivity contribution is 7.13. The van der Waals surface area contributed by atoms with Crippen LogP contribution in [-0.2, 0) is 4.79 Å². The van der Waals surface area contributed by atoms with Gasteiger partial charge in [-0.15, -0.1) is 10.2 Å². The van der Waals surface area contributed by atoms with E-state index in [2.05, 4.69) is 22.4 Å². The fourth-order valence-corrected chi connectivity index (χ4v) is 4.00. The van der Waals surface area contributed by atoms with E-state index in [-0.39, 0.29) is 16.8 Å². The monoisotopic (exact) mass is 390 g/mol. The van der Waals surface area contributed by atoms with Crippen LogP contribution in [0.5, 0.6) is 0 Å². The number of benzene rings is 1. The standard InChI is InChI=1S/C19H23FN4O2S/c1-2-3-9-16(25)24-10-5-6-13(12-24)18-22-23-19(27-18)17(26)21-15-8-4-7-14(20)11-15/h4,7-8,11,13H,2-3,5-6,9-10,12H2,1H3,(H,21,26). The third-order valence-electron chi connectivity index (χ3n) is 4.58. The molecular formula is C19H23FN4O2S. The van der Waals surface area contributed by atoms with Crippen LogP contribution in [0, 0.1) is 5.82 Å². The van der Waals surface area contributed by atoms with Crippen molar-refractivity contribution in [3.63, 3.8) is 0 Å². The first kappa shape index (κ1) is 19.4. The van der Waals surface area contributed by atoms with Crippen LogP contribution < -0.4 is 5.32 Å². The first-order valence-corrected chi connectivity index (χ1v) is 10.1. The van der Waals surface area contributed by atoms with Crippen molar-refractivity contribution in [2.45, 2.75) is 44.9 Å². The van der Waals surface area contributed by atoms with Gasteiger partial charge in [0.25, 0.3) is 5.91 Å². The van der Waals surface area contributed by atoms with Crippen LogP contribution in [-0.4, -0.2) is 40.0 Å². The maximum absolute atomic E-state index is 13.2. The summed E-state index contributed by atoms with van der Waals surface area (Å²) in [6, 6.07) is 5.71. The van der Waals surface area contributed by atoms with E-state index in [0.717, 1.165) is 37.2 Å². The summed E-state index contributed by atoms with van der Waals surface area (Å²) in [5.74, 6) is -0.524. The average molecular weight is 390 g/mol. The number of aromatic nitrogens is 2. The lowest BCUT2D eigenvalue weighted by Crippen LogP contribution is -2.38. The lowest BCUT2D eigenvalue weighted by atomic mass is 9.98. The van der Waals surface area contributed by atoms with Crippen LogP contribution in [0.3, 0.4) is 0 Å². The summed E-state index contributed by atoms with van der Waals surface area (Å²) in [6.07, 6.45) is 4.34. The van der Waals surface area contributed by atoms with Crippen molar-refractivity contribution >= 4 is 28.8 Å². The zero-order valence-electron chi connectivity index (χ0n) is 15.3. The predicted octanol–water partition coefficient (Wildman–Crippen LogP) is 3.83. The SMILES string of the molecule is CCCCC(=O)N1CCCC(c2nnc(C(=O)Nc3cccc(F)c3)s2)C1. The molecule has 8 heteroatoms. The molecule has 3 rings (SSSR count). The van der Waals surface area contributed by atoms with Crippen LogP contribution >= 0.6 is 11.3 Å². The minimum absolute atomic E-state index is 0.109. The molecule has 2 heterocycles. The number of anilines is 1. The van der Waals surface area contributed by atoms with E-state index < -0.39 is 11.7 Å². The van der Waals surface area contributed by atoms with Gasteiger partial charge in [-0.05, 0) is 37.5 Å². The lowest BCUT2D eigenvalue weighted by molar-refractivity contribution is -0.132. The summed E-state index contributed by atoms with van der Waals surface area (Å²) in [7, 11) is 0. The molecule has 1 unspecified atom stereocenters. The highest BCUT2D eigenvalue weighted by Crippen LogP contribution is 2.29. The number of nitrogens with zero attached hydrogens (tertiary/aromatic N) is 3. The molecule has 1 atom stereocenters.